The molecule has 0 spiro atoms. The van der Waals surface area contributed by atoms with Crippen LogP contribution in [0.25, 0.3) is 0 Å². The van der Waals surface area contributed by atoms with Crippen molar-refractivity contribution in [3.05, 3.63) is 11.8 Å². The van der Waals surface area contributed by atoms with Crippen molar-refractivity contribution >= 4 is 15.6 Å². The zero-order valence-corrected chi connectivity index (χ0v) is 10.7. The van der Waals surface area contributed by atoms with Gasteiger partial charge in [-0.25, -0.2) is 0 Å². The minimum absolute atomic E-state index is 0.573. The van der Waals surface area contributed by atoms with Crippen LogP contribution in [0.1, 0.15) is 37.2 Å². The van der Waals surface area contributed by atoms with Gasteiger partial charge in [-0.05, 0) is 18.8 Å². The summed E-state index contributed by atoms with van der Waals surface area (Å²) in [7, 11) is 6.75. The first kappa shape index (κ1) is 11.5. The van der Waals surface area contributed by atoms with E-state index in [1.807, 2.05) is 6.20 Å². The second kappa shape index (κ2) is 4.87. The van der Waals surface area contributed by atoms with E-state index in [9.17, 15) is 0 Å². The first-order chi connectivity index (χ1) is 7.77. The Morgan fingerprint density at radius 3 is 2.38 bits per heavy atom. The summed E-state index contributed by atoms with van der Waals surface area (Å²) >= 11 is 0. The van der Waals surface area contributed by atoms with Crippen LogP contribution in [0, 0.1) is 0 Å². The number of rotatable bonds is 3. The molecule has 0 bridgehead atoms. The highest BCUT2D eigenvalue weighted by Gasteiger charge is 2.24. The lowest BCUT2D eigenvalue weighted by molar-refractivity contribution is 0.350. The van der Waals surface area contributed by atoms with E-state index in [0.29, 0.717) is 17.0 Å². The van der Waals surface area contributed by atoms with Crippen molar-refractivity contribution < 1.29 is 9.47 Å². The molecule has 16 heavy (non-hydrogen) atoms. The van der Waals surface area contributed by atoms with Crippen LogP contribution in [0.15, 0.2) is 6.20 Å². The molecule has 3 radical (unpaired) electrons. The lowest BCUT2D eigenvalue weighted by atomic mass is 9.98. The van der Waals surface area contributed by atoms with Gasteiger partial charge >= 0.3 is 0 Å². The van der Waals surface area contributed by atoms with Crippen LogP contribution in [0.2, 0.25) is 0 Å². The van der Waals surface area contributed by atoms with Gasteiger partial charge in [-0.15, -0.1) is 0 Å². The predicted molar refractivity (Wildman–Crippen MR) is 63.9 cm³/mol. The second-order valence-electron chi connectivity index (χ2n) is 4.11. The van der Waals surface area contributed by atoms with E-state index in [2.05, 4.69) is 15.2 Å². The Morgan fingerprint density at radius 1 is 1.19 bits per heavy atom. The maximum absolute atomic E-state index is 5.46. The van der Waals surface area contributed by atoms with Crippen molar-refractivity contribution in [1.82, 2.24) is 4.98 Å². The molecule has 0 aliphatic heterocycles. The molecule has 0 atom stereocenters. The van der Waals surface area contributed by atoms with Gasteiger partial charge in [-0.3, -0.25) is 4.98 Å². The smallest absolute Gasteiger partial charge is 0.177 e. The third-order valence-electron chi connectivity index (χ3n) is 3.22. The summed E-state index contributed by atoms with van der Waals surface area (Å²) in [6.07, 6.45) is 6.95. The molecule has 0 amide bonds. The van der Waals surface area contributed by atoms with Crippen LogP contribution in [0.4, 0.5) is 0 Å². The van der Waals surface area contributed by atoms with Gasteiger partial charge < -0.3 is 9.47 Å². The molecular formula is C12H16NO2Si. The molecule has 1 aliphatic carbocycles. The average molecular weight is 234 g/mol. The molecule has 85 valence electrons. The molecule has 1 saturated carbocycles. The largest absolute Gasteiger partial charge is 0.492 e. The summed E-state index contributed by atoms with van der Waals surface area (Å²) < 4.78 is 10.8. The van der Waals surface area contributed by atoms with Crippen molar-refractivity contribution in [2.45, 2.75) is 31.6 Å². The third kappa shape index (κ3) is 1.94. The van der Waals surface area contributed by atoms with Crippen LogP contribution < -0.4 is 14.8 Å². The van der Waals surface area contributed by atoms with Gasteiger partial charge in [0.2, 0.25) is 0 Å². The maximum Gasteiger partial charge on any atom is 0.177 e. The fourth-order valence-electron chi connectivity index (χ4n) is 2.42. The number of methoxy groups -OCH3 is 2. The number of aromatic nitrogens is 1. The molecule has 0 saturated heterocycles. The lowest BCUT2D eigenvalue weighted by Gasteiger charge is -2.17. The molecule has 1 aliphatic rings. The Labute approximate surface area is 99.6 Å². The normalized spacial score (nSPS) is 16.4. The summed E-state index contributed by atoms with van der Waals surface area (Å²) in [6, 6.07) is 0. The quantitative estimate of drug-likeness (QED) is 0.744. The molecule has 4 heteroatoms. The fraction of sp³-hybridized carbons (Fsp3) is 0.583. The van der Waals surface area contributed by atoms with E-state index in [0.717, 1.165) is 5.75 Å². The van der Waals surface area contributed by atoms with Crippen molar-refractivity contribution in [1.29, 1.82) is 0 Å². The molecule has 3 nitrogen and oxygen atoms in total. The van der Waals surface area contributed by atoms with E-state index in [4.69, 9.17) is 9.47 Å². The topological polar surface area (TPSA) is 31.4 Å². The Kier molecular flexibility index (Phi) is 3.48. The van der Waals surface area contributed by atoms with Gasteiger partial charge in [0.15, 0.2) is 11.5 Å². The zero-order chi connectivity index (χ0) is 11.5. The van der Waals surface area contributed by atoms with Gasteiger partial charge in [0, 0.05) is 11.8 Å². The van der Waals surface area contributed by atoms with E-state index in [1.165, 1.54) is 31.2 Å². The highest BCUT2D eigenvalue weighted by atomic mass is 28.1. The summed E-state index contributed by atoms with van der Waals surface area (Å²) in [5.74, 6) is 2.10. The Balaban J connectivity index is 2.43. The second-order valence-corrected chi connectivity index (χ2v) is 4.58. The first-order valence-corrected chi connectivity index (χ1v) is 6.10. The minimum Gasteiger partial charge on any atom is -0.492 e. The SMILES string of the molecule is COc1c(C2CCCC2)cnc([Si])c1OC. The summed E-state index contributed by atoms with van der Waals surface area (Å²) in [5.41, 5.74) is 1.18. The van der Waals surface area contributed by atoms with E-state index in [1.54, 1.807) is 14.2 Å². The predicted octanol–water partition coefficient (Wildman–Crippen LogP) is 1.55. The van der Waals surface area contributed by atoms with Crippen LogP contribution in [0.5, 0.6) is 11.5 Å². The molecule has 0 N–H and O–H groups in total. The summed E-state index contributed by atoms with van der Waals surface area (Å²) in [6.45, 7) is 0. The van der Waals surface area contributed by atoms with Crippen LogP contribution in [0.3, 0.4) is 0 Å². The maximum atomic E-state index is 5.46. The Morgan fingerprint density at radius 2 is 1.81 bits per heavy atom. The number of hydrogen-bond donors (Lipinski definition) is 0. The van der Waals surface area contributed by atoms with Crippen molar-refractivity contribution in [3.63, 3.8) is 0 Å². The highest BCUT2D eigenvalue weighted by molar-refractivity contribution is 6.32. The molecule has 1 aromatic rings. The van der Waals surface area contributed by atoms with Gasteiger partial charge in [0.1, 0.15) is 10.2 Å². The van der Waals surface area contributed by atoms with Crippen LogP contribution in [-0.2, 0) is 0 Å². The monoisotopic (exact) mass is 234 g/mol. The zero-order valence-electron chi connectivity index (χ0n) is 9.75. The standard InChI is InChI=1S/C12H16NO2Si/c1-14-10-9(8-5-3-4-6-8)7-13-12(16)11(10)15-2/h7-8H,3-6H2,1-2H3. The van der Waals surface area contributed by atoms with E-state index < -0.39 is 0 Å². The number of ether oxygens (including phenoxy) is 2. The lowest BCUT2D eigenvalue weighted by Crippen LogP contribution is -2.15. The molecule has 1 fully saturated rings. The van der Waals surface area contributed by atoms with Crippen LogP contribution >= 0.6 is 0 Å². The summed E-state index contributed by atoms with van der Waals surface area (Å²) in [5, 5.41) is 0.695. The fourth-order valence-corrected chi connectivity index (χ4v) is 2.70. The molecule has 0 unspecified atom stereocenters. The summed E-state index contributed by atoms with van der Waals surface area (Å²) in [4.78, 5) is 4.31. The molecule has 0 aromatic carbocycles. The average Bonchev–Trinajstić information content (AvgIpc) is 2.81. The van der Waals surface area contributed by atoms with E-state index >= 15 is 0 Å². The van der Waals surface area contributed by atoms with Gasteiger partial charge in [-0.2, -0.15) is 0 Å². The first-order valence-electron chi connectivity index (χ1n) is 5.60. The number of pyridine rings is 1. The van der Waals surface area contributed by atoms with Gasteiger partial charge in [-0.1, -0.05) is 12.8 Å². The number of hydrogen-bond acceptors (Lipinski definition) is 3. The Bertz CT molecular complexity index is 376. The van der Waals surface area contributed by atoms with E-state index in [-0.39, 0.29) is 0 Å². The molecule has 2 rings (SSSR count). The van der Waals surface area contributed by atoms with Crippen molar-refractivity contribution in [2.24, 2.45) is 0 Å². The van der Waals surface area contributed by atoms with Crippen molar-refractivity contribution in [2.75, 3.05) is 14.2 Å². The van der Waals surface area contributed by atoms with Crippen LogP contribution in [-0.4, -0.2) is 29.4 Å². The minimum atomic E-state index is 0.573. The molecule has 1 heterocycles. The third-order valence-corrected chi connectivity index (χ3v) is 3.58. The molecule has 1 aromatic heterocycles. The van der Waals surface area contributed by atoms with Crippen molar-refractivity contribution in [3.8, 4) is 11.5 Å². The Hall–Kier alpha value is -1.03. The van der Waals surface area contributed by atoms with Gasteiger partial charge in [0.05, 0.1) is 19.5 Å². The highest BCUT2D eigenvalue weighted by Crippen LogP contribution is 2.41. The number of nitrogens with zero attached hydrogens (tertiary/aromatic N) is 1. The molecular weight excluding hydrogens is 218 g/mol. The van der Waals surface area contributed by atoms with Gasteiger partial charge in [0.25, 0.3) is 0 Å².